The number of nitrogens with zero attached hydrogens (tertiary/aromatic N) is 2. The molecule has 0 radical (unpaired) electrons. The lowest BCUT2D eigenvalue weighted by Crippen LogP contribution is -2.25. The molecule has 1 aromatic heterocycles. The molecule has 1 aliphatic rings. The highest BCUT2D eigenvalue weighted by Gasteiger charge is 2.27. The first-order chi connectivity index (χ1) is 13.0. The maximum Gasteiger partial charge on any atom is 0.354 e. The molecular weight excluding hydrogens is 362 g/mol. The van der Waals surface area contributed by atoms with Gasteiger partial charge < -0.3 is 10.1 Å². The number of aromatic nitrogens is 2. The van der Waals surface area contributed by atoms with Crippen molar-refractivity contribution in [1.29, 1.82) is 0 Å². The number of fused-ring (bicyclic) bond motifs is 1. The van der Waals surface area contributed by atoms with Gasteiger partial charge in [0.25, 0.3) is 0 Å². The summed E-state index contributed by atoms with van der Waals surface area (Å²) in [5.74, 6) is 1.77. The second kappa shape index (κ2) is 6.89. The van der Waals surface area contributed by atoms with Crippen molar-refractivity contribution in [3.05, 3.63) is 57.5 Å². The van der Waals surface area contributed by atoms with Crippen LogP contribution in [0.4, 0.5) is 5.82 Å². The monoisotopic (exact) mass is 383 g/mol. The van der Waals surface area contributed by atoms with Gasteiger partial charge in [-0.1, -0.05) is 23.7 Å². The number of hydrogen-bond acceptors (Lipinski definition) is 4. The lowest BCUT2D eigenvalue weighted by atomic mass is 10.1. The average Bonchev–Trinajstić information content (AvgIpc) is 3.46. The zero-order chi connectivity index (χ0) is 19.1. The molecule has 6 heteroatoms. The van der Waals surface area contributed by atoms with Crippen LogP contribution in [0.5, 0.6) is 5.75 Å². The summed E-state index contributed by atoms with van der Waals surface area (Å²) in [6, 6.07) is 11.6. The lowest BCUT2D eigenvalue weighted by Gasteiger charge is -2.19. The molecule has 2 aromatic carbocycles. The number of para-hydroxylation sites is 1. The molecule has 140 valence electrons. The summed E-state index contributed by atoms with van der Waals surface area (Å²) in [6.07, 6.45) is 2.32. The first kappa shape index (κ1) is 17.9. The molecular formula is C21H22ClN3O2. The molecule has 0 unspecified atom stereocenters. The van der Waals surface area contributed by atoms with Crippen LogP contribution in [-0.4, -0.2) is 22.7 Å². The fraction of sp³-hybridized carbons (Fsp3) is 0.333. The summed E-state index contributed by atoms with van der Waals surface area (Å²) in [5, 5.41) is 4.57. The highest BCUT2D eigenvalue weighted by Crippen LogP contribution is 2.44. The third kappa shape index (κ3) is 3.28. The first-order valence-corrected chi connectivity index (χ1v) is 9.53. The third-order valence-corrected chi connectivity index (χ3v) is 5.09. The van der Waals surface area contributed by atoms with Gasteiger partial charge in [0.2, 0.25) is 0 Å². The molecule has 27 heavy (non-hydrogen) atoms. The van der Waals surface area contributed by atoms with E-state index in [-0.39, 0.29) is 11.7 Å². The van der Waals surface area contributed by atoms with Crippen LogP contribution in [0.3, 0.4) is 0 Å². The van der Waals surface area contributed by atoms with Crippen LogP contribution in [0.2, 0.25) is 5.02 Å². The van der Waals surface area contributed by atoms with Gasteiger partial charge in [0.05, 0.1) is 28.7 Å². The molecule has 1 fully saturated rings. The van der Waals surface area contributed by atoms with Crippen molar-refractivity contribution in [2.24, 2.45) is 0 Å². The first-order valence-electron chi connectivity index (χ1n) is 9.15. The molecule has 3 aromatic rings. The van der Waals surface area contributed by atoms with Gasteiger partial charge >= 0.3 is 5.69 Å². The van der Waals surface area contributed by atoms with Gasteiger partial charge in [0.15, 0.2) is 0 Å². The Balaban J connectivity index is 2.11. The highest BCUT2D eigenvalue weighted by atomic mass is 35.5. The molecule has 1 N–H and O–H groups in total. The molecule has 1 heterocycles. The van der Waals surface area contributed by atoms with Crippen molar-refractivity contribution in [3.8, 4) is 11.4 Å². The van der Waals surface area contributed by atoms with Gasteiger partial charge in [-0.25, -0.2) is 4.79 Å². The molecule has 1 saturated carbocycles. The van der Waals surface area contributed by atoms with E-state index in [1.807, 2.05) is 32.0 Å². The Morgan fingerprint density at radius 3 is 2.63 bits per heavy atom. The summed E-state index contributed by atoms with van der Waals surface area (Å²) >= 11 is 6.41. The summed E-state index contributed by atoms with van der Waals surface area (Å²) in [6.45, 7) is 4.02. The van der Waals surface area contributed by atoms with Crippen LogP contribution >= 0.6 is 11.6 Å². The minimum atomic E-state index is -0.367. The Morgan fingerprint density at radius 2 is 2.00 bits per heavy atom. The molecule has 0 saturated heterocycles. The summed E-state index contributed by atoms with van der Waals surface area (Å²) in [5.41, 5.74) is 2.19. The minimum Gasteiger partial charge on any atom is -0.496 e. The maximum absolute atomic E-state index is 13.0. The summed E-state index contributed by atoms with van der Waals surface area (Å²) < 4.78 is 7.28. The molecule has 4 rings (SSSR count). The predicted octanol–water partition coefficient (Wildman–Crippen LogP) is 4.75. The Morgan fingerprint density at radius 1 is 1.26 bits per heavy atom. The molecule has 0 spiro atoms. The Hall–Kier alpha value is -2.53. The van der Waals surface area contributed by atoms with Crippen molar-refractivity contribution >= 4 is 28.3 Å². The number of ether oxygens (including phenoxy) is 1. The van der Waals surface area contributed by atoms with Crippen LogP contribution in [-0.2, 0) is 0 Å². The van der Waals surface area contributed by atoms with Crippen molar-refractivity contribution in [3.63, 3.8) is 0 Å². The molecule has 0 atom stereocenters. The zero-order valence-corrected chi connectivity index (χ0v) is 16.4. The normalized spacial score (nSPS) is 14.0. The topological polar surface area (TPSA) is 56.1 Å². The van der Waals surface area contributed by atoms with Gasteiger partial charge in [-0.3, -0.25) is 4.57 Å². The minimum absolute atomic E-state index is 0.129. The summed E-state index contributed by atoms with van der Waals surface area (Å²) in [7, 11) is 1.65. The molecule has 5 nitrogen and oxygen atoms in total. The van der Waals surface area contributed by atoms with E-state index in [9.17, 15) is 4.79 Å². The SMILES string of the molecule is COc1cc(C2CC2)cc2c1c(NC(C)C)nc(=O)n2-c1ccccc1Cl. The fourth-order valence-electron chi connectivity index (χ4n) is 3.40. The predicted molar refractivity (Wildman–Crippen MR) is 110 cm³/mol. The number of benzene rings is 2. The van der Waals surface area contributed by atoms with E-state index in [0.717, 1.165) is 23.7 Å². The Bertz CT molecular complexity index is 1070. The maximum atomic E-state index is 13.0. The van der Waals surface area contributed by atoms with E-state index in [2.05, 4.69) is 22.4 Å². The van der Waals surface area contributed by atoms with Crippen LogP contribution in [0.25, 0.3) is 16.6 Å². The lowest BCUT2D eigenvalue weighted by molar-refractivity contribution is 0.419. The van der Waals surface area contributed by atoms with Crippen molar-refractivity contribution in [2.75, 3.05) is 12.4 Å². The average molecular weight is 384 g/mol. The number of rotatable bonds is 5. The van der Waals surface area contributed by atoms with Crippen molar-refractivity contribution in [1.82, 2.24) is 9.55 Å². The smallest absolute Gasteiger partial charge is 0.354 e. The largest absolute Gasteiger partial charge is 0.496 e. The zero-order valence-electron chi connectivity index (χ0n) is 15.6. The number of nitrogens with one attached hydrogen (secondary N) is 1. The van der Waals surface area contributed by atoms with Crippen LogP contribution in [0.1, 0.15) is 38.2 Å². The van der Waals surface area contributed by atoms with Crippen molar-refractivity contribution < 1.29 is 4.74 Å². The Labute approximate surface area is 162 Å². The molecule has 0 aliphatic heterocycles. The van der Waals surface area contributed by atoms with Gasteiger partial charge in [-0.15, -0.1) is 0 Å². The summed E-state index contributed by atoms with van der Waals surface area (Å²) in [4.78, 5) is 17.3. The van der Waals surface area contributed by atoms with Gasteiger partial charge in [0, 0.05) is 6.04 Å². The van der Waals surface area contributed by atoms with Crippen LogP contribution in [0, 0.1) is 0 Å². The van der Waals surface area contributed by atoms with Crippen LogP contribution < -0.4 is 15.7 Å². The van der Waals surface area contributed by atoms with Crippen LogP contribution in [0.15, 0.2) is 41.2 Å². The molecule has 1 aliphatic carbocycles. The molecule has 0 bridgehead atoms. The van der Waals surface area contributed by atoms with Gasteiger partial charge in [-0.05, 0) is 62.4 Å². The second-order valence-corrected chi connectivity index (χ2v) is 7.63. The number of halogens is 1. The molecule has 0 amide bonds. The fourth-order valence-corrected chi connectivity index (χ4v) is 3.62. The van der Waals surface area contributed by atoms with E-state index in [4.69, 9.17) is 16.3 Å². The van der Waals surface area contributed by atoms with E-state index >= 15 is 0 Å². The van der Waals surface area contributed by atoms with Crippen molar-refractivity contribution in [2.45, 2.75) is 38.6 Å². The van der Waals surface area contributed by atoms with E-state index in [1.54, 1.807) is 17.7 Å². The number of hydrogen-bond donors (Lipinski definition) is 1. The highest BCUT2D eigenvalue weighted by molar-refractivity contribution is 6.32. The van der Waals surface area contributed by atoms with Gasteiger partial charge in [0.1, 0.15) is 11.6 Å². The quantitative estimate of drug-likeness (QED) is 0.691. The van der Waals surface area contributed by atoms with E-state index < -0.39 is 0 Å². The Kier molecular flexibility index (Phi) is 4.56. The van der Waals surface area contributed by atoms with Gasteiger partial charge in [-0.2, -0.15) is 4.98 Å². The number of methoxy groups -OCH3 is 1. The third-order valence-electron chi connectivity index (χ3n) is 4.77. The second-order valence-electron chi connectivity index (χ2n) is 7.22. The van der Waals surface area contributed by atoms with E-state index in [0.29, 0.717) is 28.2 Å². The van der Waals surface area contributed by atoms with E-state index in [1.165, 1.54) is 5.56 Å². The standard InChI is InChI=1S/C21H22ClN3O2/c1-12(2)23-20-19-17(10-14(13-8-9-13)11-18(19)27-3)25(21(26)24-20)16-7-5-4-6-15(16)22/h4-7,10-13H,8-9H2,1-3H3,(H,23,24,26). The number of anilines is 1.